The van der Waals surface area contributed by atoms with Gasteiger partial charge in [-0.15, -0.1) is 0 Å². The van der Waals surface area contributed by atoms with Gasteiger partial charge in [0.15, 0.2) is 5.69 Å². The average Bonchev–Trinajstić information content (AvgIpc) is 3.23. The zero-order valence-corrected chi connectivity index (χ0v) is 16.8. The molecule has 6 nitrogen and oxygen atoms in total. The number of hydrogen-bond acceptors (Lipinski definition) is 4. The molecule has 0 aliphatic heterocycles. The number of aryl methyl sites for hydroxylation is 2. The van der Waals surface area contributed by atoms with Gasteiger partial charge in [0.05, 0.1) is 23.1 Å². The minimum Gasteiger partial charge on any atom is -0.360 e. The summed E-state index contributed by atoms with van der Waals surface area (Å²) < 4.78 is 7.38. The van der Waals surface area contributed by atoms with Crippen molar-refractivity contribution in [3.05, 3.63) is 64.3 Å². The van der Waals surface area contributed by atoms with Crippen LogP contribution < -0.4 is 5.32 Å². The maximum atomic E-state index is 12.9. The van der Waals surface area contributed by atoms with Crippen LogP contribution >= 0.6 is 0 Å². The van der Waals surface area contributed by atoms with Crippen LogP contribution in [-0.2, 0) is 12.8 Å². The van der Waals surface area contributed by atoms with E-state index in [1.165, 1.54) is 5.56 Å². The Hall–Kier alpha value is -2.89. The highest BCUT2D eigenvalue weighted by atomic mass is 16.5. The number of carbonyl (C=O) groups excluding carboxylic acids is 1. The second-order valence-electron chi connectivity index (χ2n) is 7.81. The van der Waals surface area contributed by atoms with E-state index in [-0.39, 0.29) is 11.9 Å². The monoisotopic (exact) mass is 378 g/mol. The predicted molar refractivity (Wildman–Crippen MR) is 108 cm³/mol. The zero-order valence-electron chi connectivity index (χ0n) is 16.8. The van der Waals surface area contributed by atoms with Crippen molar-refractivity contribution >= 4 is 11.6 Å². The molecule has 0 fully saturated rings. The average molecular weight is 378 g/mol. The molecule has 2 unspecified atom stereocenters. The summed E-state index contributed by atoms with van der Waals surface area (Å²) >= 11 is 0. The van der Waals surface area contributed by atoms with E-state index in [0.717, 1.165) is 47.7 Å². The molecule has 2 heterocycles. The summed E-state index contributed by atoms with van der Waals surface area (Å²) in [5, 5.41) is 11.8. The molecule has 1 aliphatic carbocycles. The molecule has 1 aliphatic rings. The van der Waals surface area contributed by atoms with Crippen molar-refractivity contribution in [2.24, 2.45) is 5.92 Å². The van der Waals surface area contributed by atoms with Crippen molar-refractivity contribution in [2.75, 3.05) is 5.32 Å². The molecule has 6 heteroatoms. The van der Waals surface area contributed by atoms with E-state index >= 15 is 0 Å². The summed E-state index contributed by atoms with van der Waals surface area (Å²) in [5.74, 6) is 1.17. The number of hydrogen-bond donors (Lipinski definition) is 1. The third-order valence-corrected chi connectivity index (χ3v) is 5.71. The van der Waals surface area contributed by atoms with Gasteiger partial charge in [0, 0.05) is 12.0 Å². The normalized spacial score (nSPS) is 17.2. The number of nitrogens with one attached hydrogen (secondary N) is 1. The van der Waals surface area contributed by atoms with Crippen molar-refractivity contribution in [3.8, 4) is 0 Å². The highest BCUT2D eigenvalue weighted by molar-refractivity contribution is 6.04. The molecule has 0 spiro atoms. The number of nitrogens with zero attached hydrogens (tertiary/aromatic N) is 3. The number of fused-ring (bicyclic) bond motifs is 1. The third-order valence-electron chi connectivity index (χ3n) is 5.71. The van der Waals surface area contributed by atoms with Crippen LogP contribution in [0, 0.1) is 19.8 Å². The van der Waals surface area contributed by atoms with Crippen LogP contribution in [0.3, 0.4) is 0 Å². The molecule has 1 N–H and O–H groups in total. The first-order valence-electron chi connectivity index (χ1n) is 9.85. The number of aromatic nitrogens is 3. The van der Waals surface area contributed by atoms with Crippen molar-refractivity contribution in [2.45, 2.75) is 53.0 Å². The van der Waals surface area contributed by atoms with Crippen LogP contribution in [-0.4, -0.2) is 20.8 Å². The molecule has 1 aromatic carbocycles. The van der Waals surface area contributed by atoms with Crippen molar-refractivity contribution in [1.29, 1.82) is 0 Å². The second kappa shape index (κ2) is 7.26. The minimum absolute atomic E-state index is 0.0752. The van der Waals surface area contributed by atoms with Gasteiger partial charge < -0.3 is 9.84 Å². The largest absolute Gasteiger partial charge is 0.360 e. The van der Waals surface area contributed by atoms with Gasteiger partial charge in [0.25, 0.3) is 5.91 Å². The van der Waals surface area contributed by atoms with Crippen LogP contribution in [0.1, 0.15) is 65.1 Å². The topological polar surface area (TPSA) is 73.0 Å². The van der Waals surface area contributed by atoms with E-state index in [0.29, 0.717) is 11.6 Å². The van der Waals surface area contributed by atoms with Gasteiger partial charge in [-0.25, -0.2) is 0 Å². The lowest BCUT2D eigenvalue weighted by atomic mass is 9.88. The summed E-state index contributed by atoms with van der Waals surface area (Å²) in [6.45, 7) is 8.20. The highest BCUT2D eigenvalue weighted by Crippen LogP contribution is 2.30. The van der Waals surface area contributed by atoms with Gasteiger partial charge in [-0.2, -0.15) is 5.10 Å². The Morgan fingerprint density at radius 1 is 1.29 bits per heavy atom. The second-order valence-corrected chi connectivity index (χ2v) is 7.81. The van der Waals surface area contributed by atoms with Crippen molar-refractivity contribution in [1.82, 2.24) is 14.9 Å². The molecule has 0 bridgehead atoms. The number of rotatable bonds is 4. The summed E-state index contributed by atoms with van der Waals surface area (Å²) in [4.78, 5) is 12.9. The van der Waals surface area contributed by atoms with E-state index < -0.39 is 0 Å². The molecular weight excluding hydrogens is 352 g/mol. The SMILES string of the molecule is Cc1nn(C(C)c2ccccc2)c(C)c1NC(=O)c1noc2c1CC(C)CC2. The Balaban J connectivity index is 1.60. The van der Waals surface area contributed by atoms with Gasteiger partial charge in [0.2, 0.25) is 0 Å². The molecule has 3 aromatic rings. The fourth-order valence-corrected chi connectivity index (χ4v) is 4.02. The van der Waals surface area contributed by atoms with E-state index in [1.807, 2.05) is 36.7 Å². The molecule has 1 amide bonds. The summed E-state index contributed by atoms with van der Waals surface area (Å²) in [5.41, 5.74) is 4.99. The Kier molecular flexibility index (Phi) is 4.79. The molecule has 2 aromatic heterocycles. The third kappa shape index (κ3) is 3.23. The van der Waals surface area contributed by atoms with Gasteiger partial charge in [0.1, 0.15) is 5.76 Å². The van der Waals surface area contributed by atoms with Crippen LogP contribution in [0.5, 0.6) is 0 Å². The first kappa shape index (κ1) is 18.5. The lowest BCUT2D eigenvalue weighted by molar-refractivity contribution is 0.101. The summed E-state index contributed by atoms with van der Waals surface area (Å²) in [6, 6.07) is 10.3. The lowest BCUT2D eigenvalue weighted by Crippen LogP contribution is -2.18. The van der Waals surface area contributed by atoms with Crippen molar-refractivity contribution < 1.29 is 9.32 Å². The van der Waals surface area contributed by atoms with E-state index in [1.54, 1.807) is 0 Å². The molecule has 0 saturated carbocycles. The molecule has 28 heavy (non-hydrogen) atoms. The van der Waals surface area contributed by atoms with E-state index in [2.05, 4.69) is 41.6 Å². The number of carbonyl (C=O) groups is 1. The molecule has 0 radical (unpaired) electrons. The molecule has 0 saturated heterocycles. The van der Waals surface area contributed by atoms with E-state index in [4.69, 9.17) is 4.52 Å². The van der Waals surface area contributed by atoms with Crippen LogP contribution in [0.2, 0.25) is 0 Å². The van der Waals surface area contributed by atoms with Gasteiger partial charge in [-0.05, 0) is 45.1 Å². The van der Waals surface area contributed by atoms with Gasteiger partial charge in [-0.3, -0.25) is 9.48 Å². The fourth-order valence-electron chi connectivity index (χ4n) is 4.02. The fraction of sp³-hybridized carbons (Fsp3) is 0.409. The summed E-state index contributed by atoms with van der Waals surface area (Å²) in [6.07, 6.45) is 2.76. The number of amides is 1. The van der Waals surface area contributed by atoms with Gasteiger partial charge >= 0.3 is 0 Å². The van der Waals surface area contributed by atoms with Gasteiger partial charge in [-0.1, -0.05) is 42.4 Å². The van der Waals surface area contributed by atoms with Crippen LogP contribution in [0.4, 0.5) is 5.69 Å². The first-order valence-corrected chi connectivity index (χ1v) is 9.85. The minimum atomic E-state index is -0.225. The quantitative estimate of drug-likeness (QED) is 0.727. The smallest absolute Gasteiger partial charge is 0.278 e. The van der Waals surface area contributed by atoms with Crippen LogP contribution in [0.25, 0.3) is 0 Å². The maximum Gasteiger partial charge on any atom is 0.278 e. The Morgan fingerprint density at radius 2 is 2.04 bits per heavy atom. The predicted octanol–water partition coefficient (Wildman–Crippen LogP) is 4.47. The standard InChI is InChI=1S/C22H26N4O2/c1-13-10-11-19-18(12-13)21(25-28-19)22(27)23-20-14(2)24-26(16(20)4)15(3)17-8-6-5-7-9-17/h5-9,13,15H,10-12H2,1-4H3,(H,23,27). The number of anilines is 1. The molecule has 4 rings (SSSR count). The number of benzene rings is 1. The summed E-state index contributed by atoms with van der Waals surface area (Å²) in [7, 11) is 0. The molecule has 146 valence electrons. The molecular formula is C22H26N4O2. The Morgan fingerprint density at radius 3 is 2.79 bits per heavy atom. The van der Waals surface area contributed by atoms with Crippen LogP contribution in [0.15, 0.2) is 34.9 Å². The van der Waals surface area contributed by atoms with Crippen molar-refractivity contribution in [3.63, 3.8) is 0 Å². The zero-order chi connectivity index (χ0) is 19.8. The highest BCUT2D eigenvalue weighted by Gasteiger charge is 2.28. The Bertz CT molecular complexity index is 1000. The first-order chi connectivity index (χ1) is 13.5. The maximum absolute atomic E-state index is 12.9. The lowest BCUT2D eigenvalue weighted by Gasteiger charge is -2.16. The van der Waals surface area contributed by atoms with E-state index in [9.17, 15) is 4.79 Å². The molecule has 2 atom stereocenters. The Labute approximate surface area is 164 Å².